The third-order valence-electron chi connectivity index (χ3n) is 11.1. The van der Waals surface area contributed by atoms with Crippen LogP contribution in [0.15, 0.2) is 34.9 Å². The van der Waals surface area contributed by atoms with Crippen LogP contribution in [0, 0.1) is 39.4 Å². The second kappa shape index (κ2) is 8.04. The first-order valence-electron chi connectivity index (χ1n) is 13.1. The summed E-state index contributed by atoms with van der Waals surface area (Å²) in [4.78, 5) is 25.9. The monoisotopic (exact) mass is 452 g/mol. The molecule has 182 valence electrons. The summed E-state index contributed by atoms with van der Waals surface area (Å²) in [7, 11) is 0. The number of aliphatic hydroxyl groups is 1. The molecule has 4 aliphatic carbocycles. The van der Waals surface area contributed by atoms with Crippen LogP contribution in [0.4, 0.5) is 0 Å². The maximum atomic E-state index is 13.1. The van der Waals surface area contributed by atoms with Crippen LogP contribution in [0.25, 0.3) is 0 Å². The zero-order valence-corrected chi connectivity index (χ0v) is 21.9. The minimum absolute atomic E-state index is 0.0186. The van der Waals surface area contributed by atoms with Crippen molar-refractivity contribution in [1.82, 2.24) is 0 Å². The highest BCUT2D eigenvalue weighted by atomic mass is 16.3. The molecule has 4 aliphatic rings. The summed E-state index contributed by atoms with van der Waals surface area (Å²) >= 11 is 0. The topological polar surface area (TPSA) is 54.4 Å². The van der Waals surface area contributed by atoms with Crippen molar-refractivity contribution < 1.29 is 14.7 Å². The molecular weight excluding hydrogens is 408 g/mol. The van der Waals surface area contributed by atoms with E-state index >= 15 is 0 Å². The number of hydrogen-bond donors (Lipinski definition) is 1. The van der Waals surface area contributed by atoms with Crippen molar-refractivity contribution in [2.24, 2.45) is 39.4 Å². The Kier molecular flexibility index (Phi) is 6.00. The van der Waals surface area contributed by atoms with Gasteiger partial charge in [0.15, 0.2) is 0 Å². The van der Waals surface area contributed by atoms with Gasteiger partial charge >= 0.3 is 0 Å². The fourth-order valence-electron chi connectivity index (χ4n) is 8.40. The zero-order chi connectivity index (χ0) is 24.4. The molecule has 0 aromatic heterocycles. The quantitative estimate of drug-likeness (QED) is 0.477. The van der Waals surface area contributed by atoms with E-state index in [0.717, 1.165) is 37.7 Å². The molecule has 1 N–H and O–H groups in total. The second-order valence-corrected chi connectivity index (χ2v) is 12.9. The molecule has 6 atom stereocenters. The lowest BCUT2D eigenvalue weighted by molar-refractivity contribution is -0.138. The van der Waals surface area contributed by atoms with Gasteiger partial charge in [-0.05, 0) is 78.3 Å². The lowest BCUT2D eigenvalue weighted by Gasteiger charge is -2.59. The molecule has 4 rings (SSSR count). The van der Waals surface area contributed by atoms with Crippen LogP contribution in [0.2, 0.25) is 0 Å². The summed E-state index contributed by atoms with van der Waals surface area (Å²) in [5.41, 5.74) is 3.85. The van der Waals surface area contributed by atoms with Crippen molar-refractivity contribution in [1.29, 1.82) is 0 Å². The van der Waals surface area contributed by atoms with Gasteiger partial charge in [0, 0.05) is 24.2 Å². The molecule has 0 radical (unpaired) electrons. The number of Topliss-reactive ketones (excluding diaryl/α,β-unsaturated/α-hetero) is 2. The molecule has 0 amide bonds. The Balaban J connectivity index is 1.66. The summed E-state index contributed by atoms with van der Waals surface area (Å²) in [5.74, 6) is 1.48. The van der Waals surface area contributed by atoms with Gasteiger partial charge in [0.05, 0.1) is 6.61 Å². The van der Waals surface area contributed by atoms with Crippen LogP contribution in [0.3, 0.4) is 0 Å². The molecule has 2 fully saturated rings. The molecule has 33 heavy (non-hydrogen) atoms. The Morgan fingerprint density at radius 1 is 1.15 bits per heavy atom. The fraction of sp³-hybridized carbons (Fsp3) is 0.733. The minimum Gasteiger partial charge on any atom is -0.392 e. The number of ketones is 2. The molecule has 0 aromatic rings. The van der Waals surface area contributed by atoms with E-state index in [1.807, 2.05) is 13.0 Å². The van der Waals surface area contributed by atoms with Gasteiger partial charge in [-0.15, -0.1) is 0 Å². The first-order chi connectivity index (χ1) is 15.3. The van der Waals surface area contributed by atoms with Gasteiger partial charge in [-0.3, -0.25) is 9.59 Å². The van der Waals surface area contributed by atoms with Crippen LogP contribution in [0.5, 0.6) is 0 Å². The van der Waals surface area contributed by atoms with Gasteiger partial charge in [0.2, 0.25) is 0 Å². The van der Waals surface area contributed by atoms with Crippen LogP contribution in [0.1, 0.15) is 93.4 Å². The molecule has 3 heteroatoms. The molecule has 0 spiro atoms. The third-order valence-corrected chi connectivity index (χ3v) is 11.1. The summed E-state index contributed by atoms with van der Waals surface area (Å²) < 4.78 is 0. The molecule has 3 nitrogen and oxygen atoms in total. The average Bonchev–Trinajstić information content (AvgIpc) is 3.05. The first kappa shape index (κ1) is 24.6. The maximum Gasteiger partial charge on any atom is 0.139 e. The van der Waals surface area contributed by atoms with Crippen molar-refractivity contribution in [2.45, 2.75) is 93.4 Å². The fourth-order valence-corrected chi connectivity index (χ4v) is 8.40. The number of rotatable bonds is 5. The van der Waals surface area contributed by atoms with Gasteiger partial charge < -0.3 is 5.11 Å². The predicted octanol–water partition coefficient (Wildman–Crippen LogP) is 6.61. The second-order valence-electron chi connectivity index (χ2n) is 12.9. The van der Waals surface area contributed by atoms with E-state index in [-0.39, 0.29) is 34.2 Å². The summed E-state index contributed by atoms with van der Waals surface area (Å²) in [6.07, 6.45) is 13.2. The molecule has 2 saturated carbocycles. The van der Waals surface area contributed by atoms with Crippen molar-refractivity contribution in [3.8, 4) is 0 Å². The highest BCUT2D eigenvalue weighted by Gasteiger charge is 2.63. The first-order valence-corrected chi connectivity index (χ1v) is 13.1. The van der Waals surface area contributed by atoms with E-state index in [2.05, 4.69) is 53.7 Å². The molecule has 0 heterocycles. The van der Waals surface area contributed by atoms with Gasteiger partial charge in [-0.1, -0.05) is 65.3 Å². The molecule has 0 bridgehead atoms. The number of fused-ring (bicyclic) bond motifs is 5. The molecular formula is C30H44O3. The zero-order valence-electron chi connectivity index (χ0n) is 21.9. The summed E-state index contributed by atoms with van der Waals surface area (Å²) in [6, 6.07) is 0. The lowest BCUT2D eigenvalue weighted by Crippen LogP contribution is -2.53. The SMILES string of the molecule is C/C(=C\CC(=O)[C@@H](C)[C@H]1CC[C@@]2(C)C3=CC[C@H]4C(C)(C)C(=O)CC[C@]4(C)C3=CC[C@]12C)CO. The highest BCUT2D eigenvalue weighted by Crippen LogP contribution is 2.71. The number of aliphatic hydroxyl groups excluding tert-OH is 1. The van der Waals surface area contributed by atoms with Crippen molar-refractivity contribution in [2.75, 3.05) is 6.61 Å². The van der Waals surface area contributed by atoms with Crippen LogP contribution in [-0.4, -0.2) is 23.3 Å². The normalized spacial score (nSPS) is 40.8. The maximum absolute atomic E-state index is 13.1. The number of allylic oxidation sites excluding steroid dienone is 5. The largest absolute Gasteiger partial charge is 0.392 e. The highest BCUT2D eigenvalue weighted by molar-refractivity contribution is 5.86. The molecule has 0 aliphatic heterocycles. The standard InChI is InChI=1S/C30H44O3/c1-19(18-31)8-10-24(32)20(2)21-12-16-30(7)23-9-11-25-27(3,4)26(33)14-15-28(25,5)22(23)13-17-29(21,30)6/h8-9,13,20-21,25,31H,10-12,14-18H2,1-7H3/b19-8+/t20-,21+,25-,28+,29+,30-/m0/s1. The van der Waals surface area contributed by atoms with Crippen LogP contribution >= 0.6 is 0 Å². The smallest absolute Gasteiger partial charge is 0.139 e. The van der Waals surface area contributed by atoms with E-state index in [4.69, 9.17) is 0 Å². The van der Waals surface area contributed by atoms with Gasteiger partial charge in [0.25, 0.3) is 0 Å². The number of hydrogen-bond acceptors (Lipinski definition) is 3. The molecule has 0 aromatic carbocycles. The molecule has 0 unspecified atom stereocenters. The van der Waals surface area contributed by atoms with E-state index in [9.17, 15) is 14.7 Å². The van der Waals surface area contributed by atoms with Crippen LogP contribution < -0.4 is 0 Å². The average molecular weight is 453 g/mol. The lowest BCUT2D eigenvalue weighted by atomic mass is 9.44. The van der Waals surface area contributed by atoms with E-state index in [0.29, 0.717) is 36.2 Å². The van der Waals surface area contributed by atoms with Crippen molar-refractivity contribution in [3.63, 3.8) is 0 Å². The van der Waals surface area contributed by atoms with Gasteiger partial charge in [0.1, 0.15) is 11.6 Å². The van der Waals surface area contributed by atoms with Gasteiger partial charge in [-0.25, -0.2) is 0 Å². The third kappa shape index (κ3) is 3.39. The number of carbonyl (C=O) groups is 2. The Morgan fingerprint density at radius 3 is 2.52 bits per heavy atom. The van der Waals surface area contributed by atoms with Gasteiger partial charge in [-0.2, -0.15) is 0 Å². The van der Waals surface area contributed by atoms with Crippen molar-refractivity contribution in [3.05, 3.63) is 34.9 Å². The van der Waals surface area contributed by atoms with Crippen molar-refractivity contribution >= 4 is 11.6 Å². The molecule has 0 saturated heterocycles. The Hall–Kier alpha value is -1.48. The minimum atomic E-state index is -0.267. The Bertz CT molecular complexity index is 950. The predicted molar refractivity (Wildman–Crippen MR) is 134 cm³/mol. The van der Waals surface area contributed by atoms with E-state index in [1.54, 1.807) is 0 Å². The number of carbonyl (C=O) groups excluding carboxylic acids is 2. The Morgan fingerprint density at radius 2 is 1.85 bits per heavy atom. The van der Waals surface area contributed by atoms with E-state index in [1.165, 1.54) is 11.1 Å². The summed E-state index contributed by atoms with van der Waals surface area (Å²) in [6.45, 7) is 15.7. The van der Waals surface area contributed by atoms with E-state index < -0.39 is 0 Å². The van der Waals surface area contributed by atoms with Crippen LogP contribution in [-0.2, 0) is 9.59 Å². The Labute approximate surface area is 200 Å². The summed E-state index contributed by atoms with van der Waals surface area (Å²) in [5, 5.41) is 9.28.